The maximum atomic E-state index is 13.7. The number of hydrogen-bond donors (Lipinski definition) is 2. The minimum atomic E-state index is -0.893. The maximum absolute atomic E-state index is 13.7. The second-order valence-electron chi connectivity index (χ2n) is 13.8. The smallest absolute Gasteiger partial charge is 0.408 e. The highest BCUT2D eigenvalue weighted by Gasteiger charge is 2.57. The van der Waals surface area contributed by atoms with Crippen LogP contribution in [0, 0.1) is 17.3 Å². The number of aryl methyl sites for hydroxylation is 1. The van der Waals surface area contributed by atoms with Gasteiger partial charge in [-0.1, -0.05) is 47.0 Å². The molecule has 1 aromatic carbocycles. The predicted molar refractivity (Wildman–Crippen MR) is 170 cm³/mol. The van der Waals surface area contributed by atoms with E-state index in [4.69, 9.17) is 9.47 Å². The number of hydrogen-bond acceptors (Lipinski definition) is 7. The van der Waals surface area contributed by atoms with Gasteiger partial charge in [-0.05, 0) is 62.5 Å². The van der Waals surface area contributed by atoms with Crippen molar-refractivity contribution in [2.45, 2.75) is 110 Å². The van der Waals surface area contributed by atoms with Crippen LogP contribution in [0.2, 0.25) is 0 Å². The molecule has 2 aliphatic rings. The average Bonchev–Trinajstić information content (AvgIpc) is 3.44. The van der Waals surface area contributed by atoms with Gasteiger partial charge in [0, 0.05) is 24.9 Å². The van der Waals surface area contributed by atoms with E-state index in [1.807, 2.05) is 33.8 Å². The first-order chi connectivity index (χ1) is 21.3. The highest BCUT2D eigenvalue weighted by Crippen LogP contribution is 2.52. The van der Waals surface area contributed by atoms with Crippen LogP contribution in [0.1, 0.15) is 91.7 Å². The molecule has 0 spiro atoms. The zero-order valence-corrected chi connectivity index (χ0v) is 27.5. The number of amides is 2. The maximum Gasteiger partial charge on any atom is 0.408 e. The van der Waals surface area contributed by atoms with Crippen LogP contribution >= 0.6 is 0 Å². The highest BCUT2D eigenvalue weighted by atomic mass is 19.1. The first-order valence-corrected chi connectivity index (χ1v) is 16.3. The molecule has 2 fully saturated rings. The van der Waals surface area contributed by atoms with Gasteiger partial charge >= 0.3 is 6.09 Å². The standard InChI is InChI=1S/C34H49FN4O6/c1-7-22-15-18-39(28(22)21(2)40)31(42)29(33(3,4)5)38-32(43)45-34(16-17-35)20-23(34)11-9-8-10-12-26-30(41)37-27-19-24(44-6)13-14-25(27)36-26/h13-14,19,22-23,28-29H,7-12,15-18,20H2,1-6H3,(H,37,41)(H,38,43)/t22-,23-,28-,29?,34-/m1/s1. The van der Waals surface area contributed by atoms with Gasteiger partial charge in [-0.25, -0.2) is 9.78 Å². The second-order valence-corrected chi connectivity index (χ2v) is 13.8. The van der Waals surface area contributed by atoms with Crippen molar-refractivity contribution in [3.05, 3.63) is 34.2 Å². The number of halogens is 1. The third-order valence-corrected chi connectivity index (χ3v) is 9.55. The Bertz CT molecular complexity index is 1440. The van der Waals surface area contributed by atoms with Crippen LogP contribution in [0.3, 0.4) is 0 Å². The van der Waals surface area contributed by atoms with Crippen molar-refractivity contribution in [2.24, 2.45) is 17.3 Å². The van der Waals surface area contributed by atoms with Crippen molar-refractivity contribution in [2.75, 3.05) is 20.3 Å². The van der Waals surface area contributed by atoms with Crippen molar-refractivity contribution in [1.82, 2.24) is 20.2 Å². The van der Waals surface area contributed by atoms with Crippen LogP contribution in [0.25, 0.3) is 11.0 Å². The van der Waals surface area contributed by atoms with E-state index in [0.29, 0.717) is 41.9 Å². The van der Waals surface area contributed by atoms with E-state index < -0.39 is 35.9 Å². The number of likely N-dealkylation sites (tertiary alicyclic amines) is 1. The Kier molecular flexibility index (Phi) is 10.9. The number of Topliss-reactive ketones (excluding diaryl/α,β-unsaturated/α-hetero) is 1. The van der Waals surface area contributed by atoms with Crippen molar-refractivity contribution in [1.29, 1.82) is 0 Å². The number of methoxy groups -OCH3 is 1. The van der Waals surface area contributed by atoms with Gasteiger partial charge in [0.25, 0.3) is 5.56 Å². The van der Waals surface area contributed by atoms with Gasteiger partial charge < -0.3 is 24.7 Å². The fraction of sp³-hybridized carbons (Fsp3) is 0.676. The molecule has 0 radical (unpaired) electrons. The summed E-state index contributed by atoms with van der Waals surface area (Å²) in [5, 5.41) is 2.79. The Morgan fingerprint density at radius 2 is 1.98 bits per heavy atom. The predicted octanol–water partition coefficient (Wildman–Crippen LogP) is 5.51. The lowest BCUT2D eigenvalue weighted by atomic mass is 9.85. The van der Waals surface area contributed by atoms with Crippen molar-refractivity contribution in [3.63, 3.8) is 0 Å². The van der Waals surface area contributed by atoms with E-state index in [-0.39, 0.29) is 35.5 Å². The fourth-order valence-corrected chi connectivity index (χ4v) is 6.85. The van der Waals surface area contributed by atoms with Crippen LogP contribution in [0.5, 0.6) is 5.75 Å². The Morgan fingerprint density at radius 3 is 2.62 bits per heavy atom. The molecule has 2 N–H and O–H groups in total. The lowest BCUT2D eigenvalue weighted by Crippen LogP contribution is -2.57. The molecule has 1 saturated heterocycles. The number of rotatable bonds is 14. The molecule has 10 nitrogen and oxygen atoms in total. The molecule has 2 amide bonds. The molecule has 4 rings (SSSR count). The second kappa shape index (κ2) is 14.3. The van der Waals surface area contributed by atoms with Crippen LogP contribution in [-0.2, 0) is 20.7 Å². The van der Waals surface area contributed by atoms with Gasteiger partial charge in [0.1, 0.15) is 23.1 Å². The molecule has 2 aromatic rings. The summed E-state index contributed by atoms with van der Waals surface area (Å²) >= 11 is 0. The van der Waals surface area contributed by atoms with E-state index in [1.54, 1.807) is 24.1 Å². The fourth-order valence-electron chi connectivity index (χ4n) is 6.85. The molecule has 1 saturated carbocycles. The van der Waals surface area contributed by atoms with Gasteiger partial charge in [0.05, 0.1) is 30.9 Å². The van der Waals surface area contributed by atoms with Gasteiger partial charge in [-0.2, -0.15) is 0 Å². The van der Waals surface area contributed by atoms with E-state index in [9.17, 15) is 23.6 Å². The molecule has 45 heavy (non-hydrogen) atoms. The van der Waals surface area contributed by atoms with E-state index >= 15 is 0 Å². The molecular formula is C34H49FN4O6. The van der Waals surface area contributed by atoms with E-state index in [2.05, 4.69) is 15.3 Å². The summed E-state index contributed by atoms with van der Waals surface area (Å²) in [6.45, 7) is 8.98. The number of fused-ring (bicyclic) bond motifs is 1. The lowest BCUT2D eigenvalue weighted by molar-refractivity contribution is -0.141. The van der Waals surface area contributed by atoms with Gasteiger partial charge in [0.2, 0.25) is 5.91 Å². The Balaban J connectivity index is 1.30. The topological polar surface area (TPSA) is 131 Å². The van der Waals surface area contributed by atoms with Crippen LogP contribution in [0.15, 0.2) is 23.0 Å². The van der Waals surface area contributed by atoms with Crippen LogP contribution < -0.4 is 15.6 Å². The third kappa shape index (κ3) is 8.02. The zero-order valence-electron chi connectivity index (χ0n) is 27.5. The Labute approximate surface area is 264 Å². The van der Waals surface area contributed by atoms with E-state index in [1.165, 1.54) is 6.92 Å². The minimum Gasteiger partial charge on any atom is -0.497 e. The number of H-pyrrole nitrogens is 1. The number of aromatic nitrogens is 2. The van der Waals surface area contributed by atoms with Crippen molar-refractivity contribution < 1.29 is 28.2 Å². The molecule has 5 atom stereocenters. The summed E-state index contributed by atoms with van der Waals surface area (Å²) in [5.74, 6) is 0.448. The SMILES string of the molecule is CC[C@@H]1CCN(C(=O)C(NC(=O)O[C@]2(CCF)C[C@H]2CCCCCc2nc3ccc(OC)cc3[nH]c2=O)C(C)(C)C)[C@@H]1C(C)=O. The van der Waals surface area contributed by atoms with Gasteiger partial charge in [0.15, 0.2) is 5.78 Å². The number of aromatic amines is 1. The molecular weight excluding hydrogens is 579 g/mol. The number of ketones is 1. The zero-order chi connectivity index (χ0) is 32.9. The number of alkyl halides is 1. The first kappa shape index (κ1) is 34.4. The Morgan fingerprint density at radius 1 is 1.22 bits per heavy atom. The number of carbonyl (C=O) groups is 3. The van der Waals surface area contributed by atoms with Crippen molar-refractivity contribution in [3.8, 4) is 5.75 Å². The minimum absolute atomic E-state index is 0.0333. The molecule has 1 unspecified atom stereocenters. The highest BCUT2D eigenvalue weighted by molar-refractivity contribution is 5.92. The number of carbonyl (C=O) groups excluding carboxylic acids is 3. The summed E-state index contributed by atoms with van der Waals surface area (Å²) < 4.78 is 24.7. The number of ether oxygens (including phenoxy) is 2. The first-order valence-electron chi connectivity index (χ1n) is 16.3. The summed E-state index contributed by atoms with van der Waals surface area (Å²) in [5.41, 5.74) is 0.0948. The van der Waals surface area contributed by atoms with Gasteiger partial charge in [-0.15, -0.1) is 0 Å². The summed E-state index contributed by atoms with van der Waals surface area (Å²) in [6.07, 6.45) is 5.27. The van der Waals surface area contributed by atoms with Crippen LogP contribution in [0.4, 0.5) is 9.18 Å². The molecule has 248 valence electrons. The molecule has 11 heteroatoms. The quantitative estimate of drug-likeness (QED) is 0.264. The number of benzene rings is 1. The average molecular weight is 629 g/mol. The summed E-state index contributed by atoms with van der Waals surface area (Å²) in [6, 6.07) is 3.98. The summed E-state index contributed by atoms with van der Waals surface area (Å²) in [7, 11) is 1.57. The number of unbranched alkanes of at least 4 members (excludes halogenated alkanes) is 2. The third-order valence-electron chi connectivity index (χ3n) is 9.55. The molecule has 1 aromatic heterocycles. The van der Waals surface area contributed by atoms with Gasteiger partial charge in [-0.3, -0.25) is 18.8 Å². The molecule has 1 aliphatic heterocycles. The molecule has 2 heterocycles. The molecule has 1 aliphatic carbocycles. The van der Waals surface area contributed by atoms with E-state index in [0.717, 1.165) is 38.5 Å². The Hall–Kier alpha value is -3.50. The monoisotopic (exact) mass is 628 g/mol. The lowest BCUT2D eigenvalue weighted by Gasteiger charge is -2.36. The molecule has 0 bridgehead atoms. The number of nitrogens with zero attached hydrogens (tertiary/aromatic N) is 2. The largest absolute Gasteiger partial charge is 0.497 e. The van der Waals surface area contributed by atoms with Crippen LogP contribution in [-0.4, -0.2) is 70.7 Å². The number of nitrogens with one attached hydrogen (secondary N) is 2. The normalized spacial score (nSPS) is 23.5. The van der Waals surface area contributed by atoms with Crippen molar-refractivity contribution >= 4 is 28.8 Å². The number of alkyl carbamates (subject to hydrolysis) is 1. The summed E-state index contributed by atoms with van der Waals surface area (Å²) in [4.78, 5) is 60.9.